The van der Waals surface area contributed by atoms with Gasteiger partial charge in [-0.3, -0.25) is 9.59 Å². The lowest BCUT2D eigenvalue weighted by Crippen LogP contribution is -2.30. The number of hydrogen-bond acceptors (Lipinski definition) is 7. The Labute approximate surface area is 194 Å². The molecule has 0 unspecified atom stereocenters. The fourth-order valence-electron chi connectivity index (χ4n) is 1.54. The van der Waals surface area contributed by atoms with Gasteiger partial charge in [-0.15, -0.1) is 35.1 Å². The molecule has 6 nitrogen and oxygen atoms in total. The predicted molar refractivity (Wildman–Crippen MR) is 131 cm³/mol. The highest BCUT2D eigenvalue weighted by atomic mass is 35.5. The van der Waals surface area contributed by atoms with Crippen molar-refractivity contribution in [1.82, 2.24) is 15.1 Å². The Morgan fingerprint density at radius 1 is 1.00 bits per heavy atom. The summed E-state index contributed by atoms with van der Waals surface area (Å²) in [6, 6.07) is 7.20. The summed E-state index contributed by atoms with van der Waals surface area (Å²) in [7, 11) is 7.98. The average molecular weight is 486 g/mol. The van der Waals surface area contributed by atoms with Crippen molar-refractivity contribution in [2.45, 2.75) is 7.43 Å². The molecule has 2 rings (SSSR count). The van der Waals surface area contributed by atoms with Crippen LogP contribution >= 0.6 is 46.7 Å². The van der Waals surface area contributed by atoms with Crippen LogP contribution in [0.4, 0.5) is 0 Å². The van der Waals surface area contributed by atoms with E-state index in [9.17, 15) is 9.59 Å². The molecule has 2 heterocycles. The molecule has 0 aliphatic rings. The maximum Gasteiger partial charge on any atom is 0.262 e. The maximum absolute atomic E-state index is 11.4. The van der Waals surface area contributed by atoms with Crippen molar-refractivity contribution in [2.24, 2.45) is 5.73 Å². The van der Waals surface area contributed by atoms with Gasteiger partial charge in [0.1, 0.15) is 0 Å². The third kappa shape index (κ3) is 18.8. The lowest BCUT2D eigenvalue weighted by molar-refractivity contribution is 0.0954. The van der Waals surface area contributed by atoms with Gasteiger partial charge in [0.15, 0.2) is 0 Å². The van der Waals surface area contributed by atoms with Crippen LogP contribution in [-0.4, -0.2) is 75.3 Å². The van der Waals surface area contributed by atoms with Gasteiger partial charge in [0.05, 0.1) is 9.75 Å². The molecule has 0 saturated carbocycles. The first-order valence-corrected chi connectivity index (χ1v) is 10.5. The Balaban J connectivity index is -0.000000367. The van der Waals surface area contributed by atoms with E-state index in [0.29, 0.717) is 11.4 Å². The lowest BCUT2D eigenvalue weighted by Gasteiger charge is -2.09. The van der Waals surface area contributed by atoms with E-state index in [4.69, 9.17) is 17.3 Å². The van der Waals surface area contributed by atoms with Gasteiger partial charge in [-0.1, -0.05) is 19.6 Å². The monoisotopic (exact) mass is 484 g/mol. The van der Waals surface area contributed by atoms with Crippen molar-refractivity contribution in [3.63, 3.8) is 0 Å². The number of halogens is 2. The van der Waals surface area contributed by atoms with Crippen LogP contribution in [0.1, 0.15) is 26.8 Å². The van der Waals surface area contributed by atoms with E-state index >= 15 is 0 Å². The highest BCUT2D eigenvalue weighted by Crippen LogP contribution is 2.10. The molecule has 0 saturated heterocycles. The third-order valence-electron chi connectivity index (χ3n) is 2.88. The van der Waals surface area contributed by atoms with Gasteiger partial charge in [0, 0.05) is 26.2 Å². The summed E-state index contributed by atoms with van der Waals surface area (Å²) >= 11 is 7.93. The molecule has 0 aliphatic heterocycles. The van der Waals surface area contributed by atoms with Crippen molar-refractivity contribution >= 4 is 57.8 Å². The SMILES string of the molecule is C.CN(C)CCN.CN(C)CCNC(=O)c1cccs1.Cl.O=C(Cl)c1cccs1. The van der Waals surface area contributed by atoms with Gasteiger partial charge in [0.25, 0.3) is 11.1 Å². The summed E-state index contributed by atoms with van der Waals surface area (Å²) in [5.74, 6) is 0.0249. The highest BCUT2D eigenvalue weighted by Gasteiger charge is 2.04. The first-order valence-electron chi connectivity index (χ1n) is 8.32. The standard InChI is InChI=1S/C9H14N2OS.C5H3ClOS.C4H12N2.CH4.ClH/c1-11(2)6-5-10-9(12)8-4-3-7-13-8;6-5(7)4-2-1-3-8-4;1-6(2)4-3-5;;/h3-4,7H,5-6H2,1-2H3,(H,10,12);1-3H;3-5H2,1-2H3;1H4;1H. The number of amides is 1. The largest absolute Gasteiger partial charge is 0.350 e. The van der Waals surface area contributed by atoms with E-state index in [-0.39, 0.29) is 31.0 Å². The molecular formula is C19H34Cl2N4O2S2. The smallest absolute Gasteiger partial charge is 0.262 e. The maximum atomic E-state index is 11.4. The second-order valence-electron chi connectivity index (χ2n) is 5.88. The Kier molecular flexibility index (Phi) is 22.8. The molecule has 29 heavy (non-hydrogen) atoms. The number of nitrogens with two attached hydrogens (primary N) is 1. The minimum atomic E-state index is -0.375. The fourth-order valence-corrected chi connectivity index (χ4v) is 2.93. The number of likely N-dealkylation sites (N-methyl/N-ethyl adjacent to an activating group) is 2. The summed E-state index contributed by atoms with van der Waals surface area (Å²) in [5, 5.41) is 6.19. The number of thiophene rings is 2. The van der Waals surface area contributed by atoms with Gasteiger partial charge in [-0.05, 0) is 62.7 Å². The predicted octanol–water partition coefficient (Wildman–Crippen LogP) is 3.73. The molecule has 0 fully saturated rings. The number of rotatable bonds is 7. The zero-order valence-corrected chi connectivity index (χ0v) is 19.9. The number of carbonyl (C=O) groups excluding carboxylic acids is 2. The van der Waals surface area contributed by atoms with Crippen LogP contribution in [0.15, 0.2) is 35.0 Å². The molecule has 10 heteroatoms. The van der Waals surface area contributed by atoms with E-state index in [1.165, 1.54) is 22.7 Å². The Morgan fingerprint density at radius 2 is 1.48 bits per heavy atom. The van der Waals surface area contributed by atoms with Gasteiger partial charge in [0.2, 0.25) is 0 Å². The highest BCUT2D eigenvalue weighted by molar-refractivity contribution is 7.14. The second-order valence-corrected chi connectivity index (χ2v) is 8.12. The molecule has 2 aromatic heterocycles. The Hall–Kier alpha value is -1.000. The van der Waals surface area contributed by atoms with E-state index in [2.05, 4.69) is 10.2 Å². The number of hydrogen-bond donors (Lipinski definition) is 2. The number of nitrogens with zero attached hydrogens (tertiary/aromatic N) is 2. The summed E-state index contributed by atoms with van der Waals surface area (Å²) in [6.45, 7) is 3.31. The summed E-state index contributed by atoms with van der Waals surface area (Å²) < 4.78 is 0. The van der Waals surface area contributed by atoms with Gasteiger partial charge in [-0.25, -0.2) is 0 Å². The number of carbonyl (C=O) groups is 2. The summed E-state index contributed by atoms with van der Waals surface area (Å²) in [6.07, 6.45) is 0. The fraction of sp³-hybridized carbons (Fsp3) is 0.474. The van der Waals surface area contributed by atoms with E-state index in [0.717, 1.165) is 24.5 Å². The van der Waals surface area contributed by atoms with Crippen LogP contribution in [0.5, 0.6) is 0 Å². The average Bonchev–Trinajstić information content (AvgIpc) is 3.29. The van der Waals surface area contributed by atoms with Gasteiger partial charge >= 0.3 is 0 Å². The molecule has 0 atom stereocenters. The van der Waals surface area contributed by atoms with Crippen molar-refractivity contribution in [3.05, 3.63) is 44.8 Å². The van der Waals surface area contributed by atoms with E-state index < -0.39 is 0 Å². The van der Waals surface area contributed by atoms with Gasteiger partial charge in [-0.2, -0.15) is 0 Å². The lowest BCUT2D eigenvalue weighted by atomic mass is 10.4. The first-order chi connectivity index (χ1) is 12.8. The van der Waals surface area contributed by atoms with Crippen LogP contribution < -0.4 is 11.1 Å². The van der Waals surface area contributed by atoms with Crippen molar-refractivity contribution < 1.29 is 9.59 Å². The van der Waals surface area contributed by atoms with E-state index in [1.54, 1.807) is 12.1 Å². The molecule has 1 amide bonds. The van der Waals surface area contributed by atoms with Crippen molar-refractivity contribution in [1.29, 1.82) is 0 Å². The van der Waals surface area contributed by atoms with Crippen LogP contribution in [0.2, 0.25) is 0 Å². The van der Waals surface area contributed by atoms with Crippen LogP contribution in [0, 0.1) is 0 Å². The molecular weight excluding hydrogens is 451 g/mol. The van der Waals surface area contributed by atoms with Gasteiger partial charge < -0.3 is 20.9 Å². The zero-order valence-electron chi connectivity index (χ0n) is 16.7. The summed E-state index contributed by atoms with van der Waals surface area (Å²) in [5.41, 5.74) is 5.19. The minimum absolute atomic E-state index is 0. The molecule has 0 radical (unpaired) electrons. The van der Waals surface area contributed by atoms with Crippen LogP contribution in [-0.2, 0) is 0 Å². The second kappa shape index (κ2) is 20.3. The molecule has 0 spiro atoms. The van der Waals surface area contributed by atoms with E-state index in [1.807, 2.05) is 56.0 Å². The van der Waals surface area contributed by atoms with Crippen molar-refractivity contribution in [3.8, 4) is 0 Å². The summed E-state index contributed by atoms with van der Waals surface area (Å²) in [4.78, 5) is 27.1. The van der Waals surface area contributed by atoms with Crippen molar-refractivity contribution in [2.75, 3.05) is 54.4 Å². The molecule has 0 aromatic carbocycles. The molecule has 168 valence electrons. The minimum Gasteiger partial charge on any atom is -0.350 e. The zero-order chi connectivity index (χ0) is 20.7. The molecule has 0 bridgehead atoms. The quantitative estimate of drug-likeness (QED) is 0.585. The molecule has 2 aromatic rings. The molecule has 3 N–H and O–H groups in total. The topological polar surface area (TPSA) is 78.7 Å². The Morgan fingerprint density at radius 3 is 1.76 bits per heavy atom. The van der Waals surface area contributed by atoms with Crippen LogP contribution in [0.3, 0.4) is 0 Å². The normalized spacial score (nSPS) is 9.24. The molecule has 0 aliphatic carbocycles. The van der Waals surface area contributed by atoms with Crippen LogP contribution in [0.25, 0.3) is 0 Å². The first kappa shape index (κ1) is 32.7. The number of nitrogens with one attached hydrogen (secondary N) is 1. The Bertz CT molecular complexity index is 622. The third-order valence-corrected chi connectivity index (χ3v) is 4.93.